The van der Waals surface area contributed by atoms with Crippen LogP contribution in [0.25, 0.3) is 0 Å². The molecular formula is C19H24OSi. The molecule has 0 unspecified atom stereocenters. The van der Waals surface area contributed by atoms with Gasteiger partial charge in [-0.15, -0.1) is 6.58 Å². The van der Waals surface area contributed by atoms with Gasteiger partial charge in [0.05, 0.1) is 0 Å². The van der Waals surface area contributed by atoms with E-state index in [1.807, 2.05) is 0 Å². The predicted molar refractivity (Wildman–Crippen MR) is 93.8 cm³/mol. The standard InChI is InChI=1S/C19H24OSi/c1-6-21(20-15(2)3,18-13-9-7-11-16(18)4)19-14-10-8-12-17(19)5/h6-15H,1H2,2-5H3. The molecule has 21 heavy (non-hydrogen) atoms. The van der Waals surface area contributed by atoms with E-state index < -0.39 is 8.32 Å². The zero-order valence-corrected chi connectivity index (χ0v) is 14.4. The lowest BCUT2D eigenvalue weighted by Crippen LogP contribution is -2.62. The molecule has 0 atom stereocenters. The van der Waals surface area contributed by atoms with Crippen molar-refractivity contribution in [2.24, 2.45) is 0 Å². The molecule has 0 heterocycles. The highest BCUT2D eigenvalue weighted by molar-refractivity contribution is 7.01. The molecule has 110 valence electrons. The molecule has 0 radical (unpaired) electrons. The lowest BCUT2D eigenvalue weighted by Gasteiger charge is -2.33. The third-order valence-corrected chi connectivity index (χ3v) is 7.94. The maximum absolute atomic E-state index is 6.54. The van der Waals surface area contributed by atoms with Crippen LogP contribution in [-0.4, -0.2) is 14.4 Å². The molecule has 0 aliphatic heterocycles. The Kier molecular flexibility index (Phi) is 4.81. The zero-order chi connectivity index (χ0) is 15.5. The molecule has 0 N–H and O–H groups in total. The second-order valence-electron chi connectivity index (χ2n) is 5.74. The van der Waals surface area contributed by atoms with Crippen LogP contribution < -0.4 is 10.4 Å². The molecule has 0 aliphatic carbocycles. The average Bonchev–Trinajstić information content (AvgIpc) is 2.46. The van der Waals surface area contributed by atoms with Gasteiger partial charge in [0.25, 0.3) is 8.32 Å². The van der Waals surface area contributed by atoms with E-state index in [0.717, 1.165) is 0 Å². The van der Waals surface area contributed by atoms with E-state index in [2.05, 4.69) is 88.5 Å². The van der Waals surface area contributed by atoms with Crippen LogP contribution >= 0.6 is 0 Å². The lowest BCUT2D eigenvalue weighted by molar-refractivity contribution is 0.244. The molecule has 2 heteroatoms. The Hall–Kier alpha value is -1.64. The Morgan fingerprint density at radius 2 is 1.33 bits per heavy atom. The normalized spacial score (nSPS) is 11.7. The van der Waals surface area contributed by atoms with Crippen molar-refractivity contribution in [3.8, 4) is 0 Å². The smallest absolute Gasteiger partial charge is 0.281 e. The van der Waals surface area contributed by atoms with E-state index in [1.54, 1.807) is 0 Å². The Bertz CT molecular complexity index is 585. The van der Waals surface area contributed by atoms with Gasteiger partial charge in [0.2, 0.25) is 0 Å². The molecule has 0 amide bonds. The van der Waals surface area contributed by atoms with Gasteiger partial charge in [0, 0.05) is 6.10 Å². The van der Waals surface area contributed by atoms with Gasteiger partial charge >= 0.3 is 0 Å². The molecule has 0 aliphatic rings. The second kappa shape index (κ2) is 6.42. The minimum Gasteiger partial charge on any atom is -0.402 e. The van der Waals surface area contributed by atoms with Crippen LogP contribution in [-0.2, 0) is 4.43 Å². The summed E-state index contributed by atoms with van der Waals surface area (Å²) in [7, 11) is -2.41. The number of rotatable bonds is 5. The van der Waals surface area contributed by atoms with Crippen molar-refractivity contribution >= 4 is 18.7 Å². The van der Waals surface area contributed by atoms with Crippen molar-refractivity contribution in [3.05, 3.63) is 71.9 Å². The minimum absolute atomic E-state index is 0.161. The van der Waals surface area contributed by atoms with Crippen LogP contribution in [0.5, 0.6) is 0 Å². The fourth-order valence-corrected chi connectivity index (χ4v) is 6.74. The van der Waals surface area contributed by atoms with Gasteiger partial charge in [0.1, 0.15) is 0 Å². The van der Waals surface area contributed by atoms with E-state index in [4.69, 9.17) is 4.43 Å². The first kappa shape index (κ1) is 15.7. The average molecular weight is 296 g/mol. The fraction of sp³-hybridized carbons (Fsp3) is 0.263. The van der Waals surface area contributed by atoms with Crippen LogP contribution in [0.3, 0.4) is 0 Å². The summed E-state index contributed by atoms with van der Waals surface area (Å²) in [6.07, 6.45) is 0.161. The first-order valence-electron chi connectivity index (χ1n) is 7.45. The van der Waals surface area contributed by atoms with Crippen LogP contribution in [0.1, 0.15) is 25.0 Å². The number of hydrogen-bond donors (Lipinski definition) is 0. The predicted octanol–water partition coefficient (Wildman–Crippen LogP) is 3.51. The van der Waals surface area contributed by atoms with Gasteiger partial charge in [-0.05, 0) is 49.2 Å². The monoisotopic (exact) mass is 296 g/mol. The van der Waals surface area contributed by atoms with Gasteiger partial charge in [0.15, 0.2) is 0 Å². The number of benzene rings is 2. The van der Waals surface area contributed by atoms with E-state index >= 15 is 0 Å². The summed E-state index contributed by atoms with van der Waals surface area (Å²) >= 11 is 0. The quantitative estimate of drug-likeness (QED) is 0.767. The molecule has 0 fully saturated rings. The summed E-state index contributed by atoms with van der Waals surface area (Å²) in [6, 6.07) is 17.0. The Morgan fingerprint density at radius 3 is 1.67 bits per heavy atom. The lowest BCUT2D eigenvalue weighted by atomic mass is 10.2. The molecule has 0 aromatic heterocycles. The molecule has 2 aromatic rings. The molecule has 0 spiro atoms. The molecule has 2 rings (SSSR count). The van der Waals surface area contributed by atoms with Gasteiger partial charge in [-0.2, -0.15) is 0 Å². The third-order valence-electron chi connectivity index (χ3n) is 3.80. The highest BCUT2D eigenvalue weighted by Gasteiger charge is 2.39. The summed E-state index contributed by atoms with van der Waals surface area (Å²) in [4.78, 5) is 0. The highest BCUT2D eigenvalue weighted by Crippen LogP contribution is 2.16. The molecule has 1 nitrogen and oxygen atoms in total. The van der Waals surface area contributed by atoms with Gasteiger partial charge in [-0.3, -0.25) is 0 Å². The minimum atomic E-state index is -2.41. The summed E-state index contributed by atoms with van der Waals surface area (Å²) in [5, 5.41) is 2.59. The Balaban J connectivity index is 2.73. The van der Waals surface area contributed by atoms with Crippen LogP contribution in [0.2, 0.25) is 0 Å². The zero-order valence-electron chi connectivity index (χ0n) is 13.4. The van der Waals surface area contributed by atoms with E-state index in [-0.39, 0.29) is 6.10 Å². The highest BCUT2D eigenvalue weighted by atomic mass is 28.4. The summed E-state index contributed by atoms with van der Waals surface area (Å²) in [5.74, 6) is 0. The third kappa shape index (κ3) is 3.02. The molecule has 2 aromatic carbocycles. The van der Waals surface area contributed by atoms with Crippen molar-refractivity contribution in [3.63, 3.8) is 0 Å². The maximum atomic E-state index is 6.54. The fourth-order valence-electron chi connectivity index (χ4n) is 2.89. The van der Waals surface area contributed by atoms with Gasteiger partial charge < -0.3 is 4.43 Å². The Morgan fingerprint density at radius 1 is 0.905 bits per heavy atom. The van der Waals surface area contributed by atoms with Crippen LogP contribution in [0.4, 0.5) is 0 Å². The second-order valence-corrected chi connectivity index (χ2v) is 8.93. The van der Waals surface area contributed by atoms with E-state index in [1.165, 1.54) is 21.5 Å². The largest absolute Gasteiger partial charge is 0.402 e. The van der Waals surface area contributed by atoms with E-state index in [9.17, 15) is 0 Å². The SMILES string of the molecule is C=C[Si](OC(C)C)(c1ccccc1C)c1ccccc1C. The summed E-state index contributed by atoms with van der Waals surface area (Å²) in [6.45, 7) is 12.7. The molecule has 0 bridgehead atoms. The number of hydrogen-bond acceptors (Lipinski definition) is 1. The Labute approximate surface area is 129 Å². The van der Waals surface area contributed by atoms with Crippen molar-refractivity contribution < 1.29 is 4.43 Å². The van der Waals surface area contributed by atoms with Crippen molar-refractivity contribution in [1.29, 1.82) is 0 Å². The molecule has 0 saturated heterocycles. The first-order valence-corrected chi connectivity index (χ1v) is 9.43. The molecular weight excluding hydrogens is 272 g/mol. The topological polar surface area (TPSA) is 9.23 Å². The van der Waals surface area contributed by atoms with Crippen molar-refractivity contribution in [2.45, 2.75) is 33.8 Å². The summed E-state index contributed by atoms with van der Waals surface area (Å²) < 4.78 is 6.54. The van der Waals surface area contributed by atoms with Gasteiger partial charge in [-0.25, -0.2) is 0 Å². The van der Waals surface area contributed by atoms with E-state index in [0.29, 0.717) is 0 Å². The van der Waals surface area contributed by atoms with Crippen LogP contribution in [0.15, 0.2) is 60.8 Å². The maximum Gasteiger partial charge on any atom is 0.281 e. The van der Waals surface area contributed by atoms with Gasteiger partial charge in [-0.1, -0.05) is 54.2 Å². The molecule has 0 saturated carbocycles. The van der Waals surface area contributed by atoms with Crippen LogP contribution in [0, 0.1) is 13.8 Å². The number of aryl methyl sites for hydroxylation is 2. The summed E-state index contributed by atoms with van der Waals surface area (Å²) in [5.41, 5.74) is 4.61. The van der Waals surface area contributed by atoms with Crippen molar-refractivity contribution in [1.82, 2.24) is 0 Å². The van der Waals surface area contributed by atoms with Crippen molar-refractivity contribution in [2.75, 3.05) is 0 Å². The first-order chi connectivity index (χ1) is 10.0.